The zero-order valence-corrected chi connectivity index (χ0v) is 7.71. The molecule has 0 aliphatic carbocycles. The topological polar surface area (TPSA) is 35.5 Å². The second-order valence-electron chi connectivity index (χ2n) is 3.13. The molecule has 0 spiro atoms. The Balaban J connectivity index is 2.25. The predicted octanol–water partition coefficient (Wildman–Crippen LogP) is 1.36. The van der Waals surface area contributed by atoms with Crippen LogP contribution in [-0.2, 0) is 14.3 Å². The van der Waals surface area contributed by atoms with Crippen molar-refractivity contribution >= 4 is 5.97 Å². The summed E-state index contributed by atoms with van der Waals surface area (Å²) >= 11 is 0. The van der Waals surface area contributed by atoms with Crippen LogP contribution in [-0.4, -0.2) is 25.3 Å². The van der Waals surface area contributed by atoms with E-state index in [0.717, 1.165) is 13.0 Å². The van der Waals surface area contributed by atoms with E-state index in [2.05, 4.69) is 0 Å². The van der Waals surface area contributed by atoms with Crippen LogP contribution in [0.4, 0.5) is 0 Å². The first kappa shape index (κ1) is 9.52. The lowest BCUT2D eigenvalue weighted by Crippen LogP contribution is -2.17. The molecule has 0 bridgehead atoms. The van der Waals surface area contributed by atoms with Crippen LogP contribution in [0.15, 0.2) is 0 Å². The van der Waals surface area contributed by atoms with Gasteiger partial charge in [0.15, 0.2) is 0 Å². The van der Waals surface area contributed by atoms with Crippen LogP contribution in [0.3, 0.4) is 0 Å². The van der Waals surface area contributed by atoms with Crippen molar-refractivity contribution in [2.24, 2.45) is 5.92 Å². The Kier molecular flexibility index (Phi) is 3.53. The second-order valence-corrected chi connectivity index (χ2v) is 3.13. The maximum Gasteiger partial charge on any atom is 0.306 e. The highest BCUT2D eigenvalue weighted by Gasteiger charge is 2.26. The molecule has 1 saturated heterocycles. The minimum absolute atomic E-state index is 0.0974. The largest absolute Gasteiger partial charge is 0.466 e. The standard InChI is InChI=1S/C9H16O3/c1-3-11-9(10)6-8-4-5-12-7(8)2/h7-8H,3-6H2,1-2H3/t7-,8+/m1/s1. The van der Waals surface area contributed by atoms with Gasteiger partial charge >= 0.3 is 5.97 Å². The summed E-state index contributed by atoms with van der Waals surface area (Å²) in [5.41, 5.74) is 0. The quantitative estimate of drug-likeness (QED) is 0.603. The number of carbonyl (C=O) groups is 1. The van der Waals surface area contributed by atoms with Gasteiger partial charge in [-0.2, -0.15) is 0 Å². The number of hydrogen-bond acceptors (Lipinski definition) is 3. The van der Waals surface area contributed by atoms with Crippen molar-refractivity contribution in [2.75, 3.05) is 13.2 Å². The van der Waals surface area contributed by atoms with Gasteiger partial charge in [0.05, 0.1) is 19.1 Å². The first-order chi connectivity index (χ1) is 5.74. The maximum atomic E-state index is 11.1. The fourth-order valence-corrected chi connectivity index (χ4v) is 1.48. The van der Waals surface area contributed by atoms with E-state index in [1.807, 2.05) is 13.8 Å². The molecule has 70 valence electrons. The van der Waals surface area contributed by atoms with Gasteiger partial charge in [0, 0.05) is 6.61 Å². The van der Waals surface area contributed by atoms with Crippen LogP contribution in [0, 0.1) is 5.92 Å². The lowest BCUT2D eigenvalue weighted by atomic mass is 9.99. The summed E-state index contributed by atoms with van der Waals surface area (Å²) in [7, 11) is 0. The van der Waals surface area contributed by atoms with Gasteiger partial charge in [-0.3, -0.25) is 4.79 Å². The maximum absolute atomic E-state index is 11.1. The van der Waals surface area contributed by atoms with E-state index in [9.17, 15) is 4.79 Å². The summed E-state index contributed by atoms with van der Waals surface area (Å²) < 4.78 is 10.2. The minimum Gasteiger partial charge on any atom is -0.466 e. The van der Waals surface area contributed by atoms with Gasteiger partial charge in [0.2, 0.25) is 0 Å². The number of carbonyl (C=O) groups excluding carboxylic acids is 1. The van der Waals surface area contributed by atoms with Crippen molar-refractivity contribution in [3.63, 3.8) is 0 Å². The molecule has 2 atom stereocenters. The molecule has 3 nitrogen and oxygen atoms in total. The molecule has 1 fully saturated rings. The van der Waals surface area contributed by atoms with Gasteiger partial charge < -0.3 is 9.47 Å². The van der Waals surface area contributed by atoms with Crippen LogP contribution in [0.5, 0.6) is 0 Å². The van der Waals surface area contributed by atoms with E-state index < -0.39 is 0 Å². The summed E-state index contributed by atoms with van der Waals surface area (Å²) in [5.74, 6) is 0.267. The van der Waals surface area contributed by atoms with Gasteiger partial charge in [-0.05, 0) is 26.2 Å². The molecule has 0 N–H and O–H groups in total. The molecular weight excluding hydrogens is 156 g/mol. The first-order valence-electron chi connectivity index (χ1n) is 4.51. The lowest BCUT2D eigenvalue weighted by molar-refractivity contribution is -0.144. The van der Waals surface area contributed by atoms with E-state index >= 15 is 0 Å². The highest BCUT2D eigenvalue weighted by molar-refractivity contribution is 5.69. The monoisotopic (exact) mass is 172 g/mol. The number of ether oxygens (including phenoxy) is 2. The zero-order valence-electron chi connectivity index (χ0n) is 7.71. The Morgan fingerprint density at radius 2 is 2.42 bits per heavy atom. The Morgan fingerprint density at radius 1 is 1.67 bits per heavy atom. The fraction of sp³-hybridized carbons (Fsp3) is 0.889. The van der Waals surface area contributed by atoms with Crippen LogP contribution in [0.25, 0.3) is 0 Å². The van der Waals surface area contributed by atoms with Crippen LogP contribution < -0.4 is 0 Å². The number of rotatable bonds is 3. The van der Waals surface area contributed by atoms with Gasteiger partial charge in [-0.15, -0.1) is 0 Å². The highest BCUT2D eigenvalue weighted by atomic mass is 16.5. The van der Waals surface area contributed by atoms with Gasteiger partial charge in [-0.25, -0.2) is 0 Å². The lowest BCUT2D eigenvalue weighted by Gasteiger charge is -2.12. The first-order valence-corrected chi connectivity index (χ1v) is 4.51. The molecular formula is C9H16O3. The Hall–Kier alpha value is -0.570. The zero-order chi connectivity index (χ0) is 8.97. The molecule has 0 unspecified atom stereocenters. The molecule has 0 saturated carbocycles. The molecule has 12 heavy (non-hydrogen) atoms. The van der Waals surface area contributed by atoms with E-state index in [4.69, 9.17) is 9.47 Å². The minimum atomic E-state index is -0.0974. The van der Waals surface area contributed by atoms with Crippen LogP contribution in [0.2, 0.25) is 0 Å². The molecule has 0 aromatic carbocycles. The highest BCUT2D eigenvalue weighted by Crippen LogP contribution is 2.23. The summed E-state index contributed by atoms with van der Waals surface area (Å²) in [6.45, 7) is 5.09. The average Bonchev–Trinajstić information content (AvgIpc) is 2.37. The number of hydrogen-bond donors (Lipinski definition) is 0. The predicted molar refractivity (Wildman–Crippen MR) is 44.8 cm³/mol. The summed E-state index contributed by atoms with van der Waals surface area (Å²) in [5, 5.41) is 0. The fourth-order valence-electron chi connectivity index (χ4n) is 1.48. The second kappa shape index (κ2) is 4.45. The summed E-state index contributed by atoms with van der Waals surface area (Å²) in [6.07, 6.45) is 1.71. The van der Waals surface area contributed by atoms with Crippen molar-refractivity contribution in [2.45, 2.75) is 32.8 Å². The SMILES string of the molecule is CCOC(=O)C[C@@H]1CCO[C@@H]1C. The molecule has 1 aliphatic rings. The van der Waals surface area contributed by atoms with E-state index in [-0.39, 0.29) is 12.1 Å². The van der Waals surface area contributed by atoms with Gasteiger partial charge in [0.1, 0.15) is 0 Å². The van der Waals surface area contributed by atoms with Crippen molar-refractivity contribution < 1.29 is 14.3 Å². The third-order valence-electron chi connectivity index (χ3n) is 2.27. The molecule has 0 radical (unpaired) electrons. The molecule has 1 heterocycles. The average molecular weight is 172 g/mol. The molecule has 0 aromatic rings. The van der Waals surface area contributed by atoms with Crippen molar-refractivity contribution in [1.82, 2.24) is 0 Å². The Morgan fingerprint density at radius 3 is 2.92 bits per heavy atom. The summed E-state index contributed by atoms with van der Waals surface area (Å²) in [6, 6.07) is 0. The van der Waals surface area contributed by atoms with Crippen molar-refractivity contribution in [1.29, 1.82) is 0 Å². The third kappa shape index (κ3) is 2.48. The van der Waals surface area contributed by atoms with Crippen molar-refractivity contribution in [3.8, 4) is 0 Å². The molecule has 0 aromatic heterocycles. The van der Waals surface area contributed by atoms with Gasteiger partial charge in [-0.1, -0.05) is 0 Å². The van der Waals surface area contributed by atoms with E-state index in [1.165, 1.54) is 0 Å². The van der Waals surface area contributed by atoms with Crippen LogP contribution >= 0.6 is 0 Å². The smallest absolute Gasteiger partial charge is 0.306 e. The Bertz CT molecular complexity index is 156. The Labute approximate surface area is 73.0 Å². The molecule has 0 amide bonds. The normalized spacial score (nSPS) is 28.8. The third-order valence-corrected chi connectivity index (χ3v) is 2.27. The molecule has 1 rings (SSSR count). The molecule has 3 heteroatoms. The van der Waals surface area contributed by atoms with Crippen molar-refractivity contribution in [3.05, 3.63) is 0 Å². The number of esters is 1. The molecule has 1 aliphatic heterocycles. The van der Waals surface area contributed by atoms with Gasteiger partial charge in [0.25, 0.3) is 0 Å². The van der Waals surface area contributed by atoms with E-state index in [0.29, 0.717) is 18.9 Å². The van der Waals surface area contributed by atoms with Crippen LogP contribution in [0.1, 0.15) is 26.7 Å². The van der Waals surface area contributed by atoms with E-state index in [1.54, 1.807) is 0 Å². The summed E-state index contributed by atoms with van der Waals surface area (Å²) in [4.78, 5) is 11.1.